The summed E-state index contributed by atoms with van der Waals surface area (Å²) in [6.45, 7) is 7.15. The fourth-order valence-electron chi connectivity index (χ4n) is 2.89. The van der Waals surface area contributed by atoms with Crippen LogP contribution in [-0.4, -0.2) is 35.7 Å². The number of fused-ring (bicyclic) bond motifs is 3. The Labute approximate surface area is 113 Å². The molecule has 2 aliphatic heterocycles. The predicted molar refractivity (Wildman–Crippen MR) is 74.4 cm³/mol. The van der Waals surface area contributed by atoms with E-state index in [1.165, 1.54) is 11.3 Å². The van der Waals surface area contributed by atoms with Crippen molar-refractivity contribution in [3.05, 3.63) is 29.8 Å². The first-order chi connectivity index (χ1) is 8.94. The highest BCUT2D eigenvalue weighted by atomic mass is 16.6. The van der Waals surface area contributed by atoms with Gasteiger partial charge in [-0.1, -0.05) is 18.2 Å². The molecular weight excluding hydrogens is 240 g/mol. The maximum absolute atomic E-state index is 12.1. The molecule has 0 unspecified atom stereocenters. The second kappa shape index (κ2) is 4.15. The number of hydrogen-bond acceptors (Lipinski definition) is 3. The topological polar surface area (TPSA) is 41.6 Å². The summed E-state index contributed by atoms with van der Waals surface area (Å²) in [6, 6.07) is 8.67. The Morgan fingerprint density at radius 2 is 2.05 bits per heavy atom. The molecule has 0 spiro atoms. The normalized spacial score (nSPS) is 24.7. The second-order valence-electron chi connectivity index (χ2n) is 6.33. The molecule has 0 saturated carbocycles. The van der Waals surface area contributed by atoms with E-state index in [2.05, 4.69) is 23.5 Å². The van der Waals surface area contributed by atoms with Crippen molar-refractivity contribution < 1.29 is 9.53 Å². The highest BCUT2D eigenvalue weighted by Crippen LogP contribution is 2.40. The molecule has 2 aliphatic rings. The van der Waals surface area contributed by atoms with Gasteiger partial charge in [0.1, 0.15) is 5.60 Å². The third-order valence-corrected chi connectivity index (χ3v) is 3.67. The number of hydrogen-bond donors (Lipinski definition) is 1. The zero-order chi connectivity index (χ0) is 13.6. The molecule has 1 aromatic rings. The van der Waals surface area contributed by atoms with Crippen LogP contribution in [0.1, 0.15) is 32.3 Å². The van der Waals surface area contributed by atoms with Crippen LogP contribution in [0.15, 0.2) is 24.3 Å². The van der Waals surface area contributed by atoms with E-state index < -0.39 is 5.60 Å². The fraction of sp³-hybridized carbons (Fsp3) is 0.533. The molecular formula is C15H20N2O2. The van der Waals surface area contributed by atoms with E-state index in [4.69, 9.17) is 4.74 Å². The molecule has 0 aliphatic carbocycles. The van der Waals surface area contributed by atoms with Gasteiger partial charge in [-0.3, -0.25) is 0 Å². The van der Waals surface area contributed by atoms with E-state index in [9.17, 15) is 4.79 Å². The van der Waals surface area contributed by atoms with Gasteiger partial charge in [0.2, 0.25) is 0 Å². The molecule has 4 heteroatoms. The number of likely N-dealkylation sites (tertiary alicyclic amines) is 1. The summed E-state index contributed by atoms with van der Waals surface area (Å²) in [5.74, 6) is 0.392. The quantitative estimate of drug-likeness (QED) is 0.780. The minimum Gasteiger partial charge on any atom is -0.444 e. The van der Waals surface area contributed by atoms with Gasteiger partial charge in [0, 0.05) is 24.7 Å². The first-order valence-corrected chi connectivity index (χ1v) is 6.77. The minimum atomic E-state index is -0.430. The monoisotopic (exact) mass is 260 g/mol. The van der Waals surface area contributed by atoms with E-state index in [0.717, 1.165) is 6.54 Å². The number of carbonyl (C=O) groups excluding carboxylic acids is 1. The van der Waals surface area contributed by atoms with Crippen LogP contribution < -0.4 is 5.32 Å². The van der Waals surface area contributed by atoms with Gasteiger partial charge in [-0.2, -0.15) is 0 Å². The minimum absolute atomic E-state index is 0.207. The lowest BCUT2D eigenvalue weighted by atomic mass is 9.98. The number of anilines is 1. The van der Waals surface area contributed by atoms with Crippen molar-refractivity contribution in [3.63, 3.8) is 0 Å². The van der Waals surface area contributed by atoms with Gasteiger partial charge >= 0.3 is 6.09 Å². The highest BCUT2D eigenvalue weighted by Gasteiger charge is 2.42. The summed E-state index contributed by atoms with van der Waals surface area (Å²) in [5.41, 5.74) is 2.10. The number of amides is 1. The summed E-state index contributed by atoms with van der Waals surface area (Å²) >= 11 is 0. The predicted octanol–water partition coefficient (Wildman–Crippen LogP) is 2.82. The number of carbonyl (C=O) groups is 1. The van der Waals surface area contributed by atoms with Crippen molar-refractivity contribution in [1.29, 1.82) is 0 Å². The second-order valence-corrected chi connectivity index (χ2v) is 6.33. The van der Waals surface area contributed by atoms with Crippen LogP contribution in [0.2, 0.25) is 0 Å². The van der Waals surface area contributed by atoms with Gasteiger partial charge in [-0.25, -0.2) is 4.79 Å². The number of rotatable bonds is 0. The van der Waals surface area contributed by atoms with Gasteiger partial charge in [-0.05, 0) is 32.4 Å². The van der Waals surface area contributed by atoms with E-state index >= 15 is 0 Å². The van der Waals surface area contributed by atoms with Crippen LogP contribution in [0.4, 0.5) is 10.5 Å². The number of nitrogens with zero attached hydrogens (tertiary/aromatic N) is 1. The van der Waals surface area contributed by atoms with Crippen molar-refractivity contribution in [2.75, 3.05) is 18.4 Å². The number of para-hydroxylation sites is 1. The molecule has 102 valence electrons. The average molecular weight is 260 g/mol. The van der Waals surface area contributed by atoms with Crippen molar-refractivity contribution in [2.45, 2.75) is 38.3 Å². The largest absolute Gasteiger partial charge is 0.444 e. The van der Waals surface area contributed by atoms with Gasteiger partial charge < -0.3 is 15.0 Å². The van der Waals surface area contributed by atoms with Crippen molar-refractivity contribution in [2.24, 2.45) is 0 Å². The van der Waals surface area contributed by atoms with Crippen molar-refractivity contribution in [1.82, 2.24) is 4.90 Å². The smallest absolute Gasteiger partial charge is 0.410 e. The van der Waals surface area contributed by atoms with Gasteiger partial charge in [-0.15, -0.1) is 0 Å². The molecule has 0 radical (unpaired) electrons. The van der Waals surface area contributed by atoms with E-state index in [-0.39, 0.29) is 6.09 Å². The molecule has 1 fully saturated rings. The molecule has 0 bridgehead atoms. The molecule has 0 aromatic heterocycles. The van der Waals surface area contributed by atoms with Crippen LogP contribution in [0, 0.1) is 0 Å². The van der Waals surface area contributed by atoms with Gasteiger partial charge in [0.25, 0.3) is 0 Å². The number of ether oxygens (including phenoxy) is 1. The van der Waals surface area contributed by atoms with Gasteiger partial charge in [0.05, 0.1) is 6.04 Å². The van der Waals surface area contributed by atoms with Crippen LogP contribution in [0.3, 0.4) is 0 Å². The number of nitrogens with one attached hydrogen (secondary N) is 1. The molecule has 4 nitrogen and oxygen atoms in total. The Morgan fingerprint density at radius 3 is 2.79 bits per heavy atom. The third-order valence-electron chi connectivity index (χ3n) is 3.67. The molecule has 2 atom stereocenters. The van der Waals surface area contributed by atoms with Gasteiger partial charge in [0.15, 0.2) is 0 Å². The molecule has 1 saturated heterocycles. The molecule has 2 heterocycles. The summed E-state index contributed by atoms with van der Waals surface area (Å²) in [4.78, 5) is 13.9. The third kappa shape index (κ3) is 2.27. The Kier molecular flexibility index (Phi) is 2.69. The molecule has 1 amide bonds. The number of benzene rings is 1. The lowest BCUT2D eigenvalue weighted by Crippen LogP contribution is -2.36. The van der Waals surface area contributed by atoms with Crippen LogP contribution >= 0.6 is 0 Å². The van der Waals surface area contributed by atoms with Crippen molar-refractivity contribution in [3.8, 4) is 0 Å². The van der Waals surface area contributed by atoms with Crippen LogP contribution in [0.5, 0.6) is 0 Å². The highest BCUT2D eigenvalue weighted by molar-refractivity contribution is 5.70. The Balaban J connectivity index is 1.72. The van der Waals surface area contributed by atoms with E-state index in [0.29, 0.717) is 18.5 Å². The standard InChI is InChI=1S/C15H20N2O2/c1-15(2,3)19-14(18)17-8-11-10-6-4-5-7-12(10)16-13(11)9-17/h4-7,11,13,16H,8-9H2,1-3H3/t11-,13-/m0/s1. The van der Waals surface area contributed by atoms with Crippen molar-refractivity contribution >= 4 is 11.8 Å². The maximum atomic E-state index is 12.1. The first-order valence-electron chi connectivity index (χ1n) is 6.77. The SMILES string of the molecule is CC(C)(C)OC(=O)N1C[C@@H]2Nc3ccccc3[C@@H]2C1. The molecule has 1 aromatic carbocycles. The summed E-state index contributed by atoms with van der Waals surface area (Å²) < 4.78 is 5.43. The maximum Gasteiger partial charge on any atom is 0.410 e. The molecule has 1 N–H and O–H groups in total. The Hall–Kier alpha value is -1.71. The summed E-state index contributed by atoms with van der Waals surface area (Å²) in [6.07, 6.45) is -0.207. The molecule has 19 heavy (non-hydrogen) atoms. The Bertz CT molecular complexity index is 507. The zero-order valence-corrected chi connectivity index (χ0v) is 11.6. The fourth-order valence-corrected chi connectivity index (χ4v) is 2.89. The summed E-state index contributed by atoms with van der Waals surface area (Å²) in [5, 5.41) is 3.49. The van der Waals surface area contributed by atoms with E-state index in [1.54, 1.807) is 0 Å². The lowest BCUT2D eigenvalue weighted by Gasteiger charge is -2.25. The first kappa shape index (κ1) is 12.3. The summed E-state index contributed by atoms with van der Waals surface area (Å²) in [7, 11) is 0. The average Bonchev–Trinajstić information content (AvgIpc) is 2.83. The molecule has 3 rings (SSSR count). The zero-order valence-electron chi connectivity index (χ0n) is 11.6. The van der Waals surface area contributed by atoms with Crippen LogP contribution in [-0.2, 0) is 4.74 Å². The lowest BCUT2D eigenvalue weighted by molar-refractivity contribution is 0.0291. The van der Waals surface area contributed by atoms with E-state index in [1.807, 2.05) is 31.7 Å². The Morgan fingerprint density at radius 1 is 1.32 bits per heavy atom. The van der Waals surface area contributed by atoms with Crippen LogP contribution in [0.25, 0.3) is 0 Å².